The Morgan fingerprint density at radius 1 is 0.960 bits per heavy atom. The number of para-hydroxylation sites is 1. The van der Waals surface area contributed by atoms with Gasteiger partial charge in [-0.25, -0.2) is 4.79 Å². The van der Waals surface area contributed by atoms with Crippen LogP contribution in [0.1, 0.15) is 93.9 Å². The number of hydrogen-bond acceptors (Lipinski definition) is 6. The van der Waals surface area contributed by atoms with Crippen molar-refractivity contribution in [3.63, 3.8) is 0 Å². The maximum Gasteiger partial charge on any atom is 0.347 e. The fraction of sp³-hybridized carbons (Fsp3) is 0.725. The quantitative estimate of drug-likeness (QED) is 0.156. The summed E-state index contributed by atoms with van der Waals surface area (Å²) in [5.74, 6) is 0.547. The lowest BCUT2D eigenvalue weighted by molar-refractivity contribution is -0.163. The summed E-state index contributed by atoms with van der Waals surface area (Å²) >= 11 is 12.8. The lowest BCUT2D eigenvalue weighted by Crippen LogP contribution is -2.49. The average Bonchev–Trinajstić information content (AvgIpc) is 2.99. The zero-order valence-corrected chi connectivity index (χ0v) is 36.2. The molecule has 1 heterocycles. The molecule has 10 heteroatoms. The highest BCUT2D eigenvalue weighted by molar-refractivity contribution is 6.74. The number of carbonyl (C=O) groups excluding carboxylic acids is 1. The smallest absolute Gasteiger partial charge is 0.347 e. The van der Waals surface area contributed by atoms with Crippen molar-refractivity contribution < 1.29 is 27.9 Å². The van der Waals surface area contributed by atoms with Crippen LogP contribution in [0, 0.1) is 17.8 Å². The number of halogens is 2. The van der Waals surface area contributed by atoms with Crippen molar-refractivity contribution >= 4 is 45.8 Å². The summed E-state index contributed by atoms with van der Waals surface area (Å²) in [6, 6.07) is 5.17. The molecule has 0 spiro atoms. The third-order valence-corrected chi connectivity index (χ3v) is 21.7. The van der Waals surface area contributed by atoms with Gasteiger partial charge in [0.05, 0.1) is 22.3 Å². The minimum atomic E-state index is -2.10. The zero-order valence-electron chi connectivity index (χ0n) is 32.7. The number of hydrogen-bond donors (Lipinski definition) is 0. The van der Waals surface area contributed by atoms with Gasteiger partial charge in [0.15, 0.2) is 28.5 Å². The van der Waals surface area contributed by atoms with Gasteiger partial charge in [-0.3, -0.25) is 0 Å². The SMILES string of the molecule is CCC(Oc1c(Cl)cccc1Cl)C(=O)O[C@H]1C[C@H](O[Si](C)(C)C(C)(C)C)C=C2C=C[C@H](C)[C@H](CC[C@@H]3C[C@H](O[Si](C)(C)C(C)(C)C)CCO3)[C@H]21. The maximum absolute atomic E-state index is 14.0. The maximum atomic E-state index is 14.0. The molecule has 4 rings (SSSR count). The van der Waals surface area contributed by atoms with Crippen molar-refractivity contribution in [2.75, 3.05) is 6.61 Å². The fourth-order valence-corrected chi connectivity index (χ4v) is 10.2. The van der Waals surface area contributed by atoms with Crippen LogP contribution in [0.4, 0.5) is 0 Å². The van der Waals surface area contributed by atoms with Crippen molar-refractivity contribution in [3.8, 4) is 5.75 Å². The second kappa shape index (κ2) is 16.5. The van der Waals surface area contributed by atoms with Crippen LogP contribution in [-0.4, -0.2) is 59.7 Å². The predicted octanol–water partition coefficient (Wildman–Crippen LogP) is 11.6. The minimum Gasteiger partial charge on any atom is -0.476 e. The molecule has 282 valence electrons. The highest BCUT2D eigenvalue weighted by atomic mass is 35.5. The third kappa shape index (κ3) is 10.1. The van der Waals surface area contributed by atoms with E-state index in [9.17, 15) is 4.79 Å². The number of carbonyl (C=O) groups is 1. The number of ether oxygens (including phenoxy) is 3. The molecule has 0 aromatic heterocycles. The van der Waals surface area contributed by atoms with Gasteiger partial charge in [-0.2, -0.15) is 0 Å². The van der Waals surface area contributed by atoms with Gasteiger partial charge in [0, 0.05) is 25.0 Å². The summed E-state index contributed by atoms with van der Waals surface area (Å²) in [5, 5.41) is 0.953. The van der Waals surface area contributed by atoms with E-state index in [2.05, 4.69) is 92.9 Å². The van der Waals surface area contributed by atoms with Crippen LogP contribution in [-0.2, 0) is 23.1 Å². The van der Waals surface area contributed by atoms with Crippen LogP contribution >= 0.6 is 23.2 Å². The van der Waals surface area contributed by atoms with Crippen LogP contribution in [0.3, 0.4) is 0 Å². The molecule has 6 nitrogen and oxygen atoms in total. The Kier molecular flexibility index (Phi) is 13.7. The molecule has 2 aliphatic carbocycles. The van der Waals surface area contributed by atoms with Crippen LogP contribution in [0.15, 0.2) is 42.0 Å². The van der Waals surface area contributed by atoms with Gasteiger partial charge in [0.25, 0.3) is 0 Å². The van der Waals surface area contributed by atoms with Gasteiger partial charge >= 0.3 is 5.97 Å². The van der Waals surface area contributed by atoms with Crippen molar-refractivity contribution in [1.82, 2.24) is 0 Å². The molecule has 1 fully saturated rings. The number of rotatable bonds is 12. The molecular formula is C40H64Cl2O6Si2. The molecular weight excluding hydrogens is 704 g/mol. The zero-order chi connectivity index (χ0) is 37.2. The molecule has 8 atom stereocenters. The van der Waals surface area contributed by atoms with Crippen molar-refractivity contribution in [2.24, 2.45) is 17.8 Å². The van der Waals surface area contributed by atoms with Gasteiger partial charge < -0.3 is 23.1 Å². The predicted molar refractivity (Wildman–Crippen MR) is 211 cm³/mol. The number of fused-ring (bicyclic) bond motifs is 1. The summed E-state index contributed by atoms with van der Waals surface area (Å²) in [7, 11) is -3.97. The highest BCUT2D eigenvalue weighted by Gasteiger charge is 2.46. The Morgan fingerprint density at radius 2 is 1.58 bits per heavy atom. The summed E-state index contributed by atoms with van der Waals surface area (Å²) in [5.41, 5.74) is 1.20. The molecule has 1 aliphatic heterocycles. The van der Waals surface area contributed by atoms with Gasteiger partial charge in [-0.15, -0.1) is 0 Å². The molecule has 1 saturated heterocycles. The summed E-state index contributed by atoms with van der Waals surface area (Å²) in [6.45, 7) is 27.8. The molecule has 3 aliphatic rings. The Bertz CT molecular complexity index is 1360. The third-order valence-electron chi connectivity index (χ3n) is 12.1. The Hall–Kier alpha value is -1.14. The summed E-state index contributed by atoms with van der Waals surface area (Å²) in [6.07, 6.45) is 10.7. The first-order valence-corrected chi connectivity index (χ1v) is 25.4. The molecule has 0 N–H and O–H groups in total. The number of allylic oxidation sites excluding steroid dienone is 2. The Morgan fingerprint density at radius 3 is 2.18 bits per heavy atom. The average molecular weight is 768 g/mol. The van der Waals surface area contributed by atoms with Crippen molar-refractivity contribution in [3.05, 3.63) is 52.0 Å². The standard InChI is InChI=1S/C40H64Cl2O6Si2/c1-13-34(45-37-32(41)15-14-16-33(37)42)38(43)46-35-25-30(48-50(11,12)40(6,7)8)23-27-18-17-26(2)31(36(27)35)20-19-28-24-29(21-22-44-28)47-49(9,10)39(3,4)5/h14-18,23,26,28-31,34-36H,13,19-22,24-25H2,1-12H3/t26-,28+,29+,30+,31-,34?,35-,36-/m0/s1. The van der Waals surface area contributed by atoms with Crippen LogP contribution < -0.4 is 4.74 Å². The van der Waals surface area contributed by atoms with Crippen molar-refractivity contribution in [1.29, 1.82) is 0 Å². The molecule has 1 aromatic rings. The number of esters is 1. The highest BCUT2D eigenvalue weighted by Crippen LogP contribution is 2.47. The van der Waals surface area contributed by atoms with E-state index < -0.39 is 28.7 Å². The molecule has 0 amide bonds. The Balaban J connectivity index is 1.56. The second-order valence-electron chi connectivity index (χ2n) is 17.9. The normalized spacial score (nSPS) is 28.4. The van der Waals surface area contributed by atoms with Crippen LogP contribution in [0.25, 0.3) is 0 Å². The topological polar surface area (TPSA) is 63.2 Å². The van der Waals surface area contributed by atoms with E-state index in [1.165, 1.54) is 5.57 Å². The van der Waals surface area contributed by atoms with Gasteiger partial charge in [-0.05, 0) is 97.9 Å². The molecule has 0 saturated carbocycles. The van der Waals surface area contributed by atoms with Crippen LogP contribution in [0.2, 0.25) is 46.3 Å². The van der Waals surface area contributed by atoms with Crippen molar-refractivity contribution in [2.45, 2.75) is 161 Å². The van der Waals surface area contributed by atoms with Gasteiger partial charge in [0.1, 0.15) is 6.10 Å². The van der Waals surface area contributed by atoms with Gasteiger partial charge in [0.2, 0.25) is 0 Å². The monoisotopic (exact) mass is 766 g/mol. The lowest BCUT2D eigenvalue weighted by atomic mass is 9.66. The number of benzene rings is 1. The Labute approximate surface area is 315 Å². The van der Waals surface area contributed by atoms with Gasteiger partial charge in [-0.1, -0.05) is 103 Å². The summed E-state index contributed by atoms with van der Waals surface area (Å²) < 4.78 is 32.8. The van der Waals surface area contributed by atoms with E-state index in [4.69, 9.17) is 46.3 Å². The van der Waals surface area contributed by atoms with E-state index in [0.29, 0.717) is 34.6 Å². The minimum absolute atomic E-state index is 0.0440. The van der Waals surface area contributed by atoms with E-state index in [0.717, 1.165) is 32.3 Å². The summed E-state index contributed by atoms with van der Waals surface area (Å²) in [4.78, 5) is 14.0. The van der Waals surface area contributed by atoms with E-state index in [-0.39, 0.29) is 46.3 Å². The lowest BCUT2D eigenvalue weighted by Gasteiger charge is -2.46. The fourth-order valence-electron chi connectivity index (χ4n) is 6.99. The first kappa shape index (κ1) is 41.6. The van der Waals surface area contributed by atoms with E-state index in [1.54, 1.807) is 18.2 Å². The molecule has 1 aromatic carbocycles. The van der Waals surface area contributed by atoms with Crippen LogP contribution in [0.5, 0.6) is 5.75 Å². The first-order valence-electron chi connectivity index (χ1n) is 18.8. The molecule has 0 radical (unpaired) electrons. The second-order valence-corrected chi connectivity index (χ2v) is 28.2. The molecule has 0 bridgehead atoms. The molecule has 50 heavy (non-hydrogen) atoms. The van der Waals surface area contributed by atoms with E-state index in [1.807, 2.05) is 6.92 Å². The largest absolute Gasteiger partial charge is 0.476 e. The van der Waals surface area contributed by atoms with E-state index >= 15 is 0 Å². The first-order chi connectivity index (χ1) is 23.1. The molecule has 1 unspecified atom stereocenters.